The largest absolute Gasteiger partial charge is 0.453 e. The summed E-state index contributed by atoms with van der Waals surface area (Å²) in [5, 5.41) is 9.73. The van der Waals surface area contributed by atoms with Crippen molar-refractivity contribution in [1.29, 1.82) is 5.26 Å². The van der Waals surface area contributed by atoms with Gasteiger partial charge in [-0.1, -0.05) is 6.92 Å². The van der Waals surface area contributed by atoms with Gasteiger partial charge in [-0.25, -0.2) is 0 Å². The standard InChI is InChI=1S/C18H26BrN3O2/c1-13-7-9-18(12-20,10-8-13)22(4)17(23)14(2)21(3)11-15-5-6-16(19)24-15/h5-6,13-14H,7-11H2,1-4H3. The first-order chi connectivity index (χ1) is 11.3. The third kappa shape index (κ3) is 4.01. The lowest BCUT2D eigenvalue weighted by molar-refractivity contribution is -0.140. The van der Waals surface area contributed by atoms with E-state index < -0.39 is 5.54 Å². The molecule has 1 aromatic rings. The fourth-order valence-electron chi connectivity index (χ4n) is 3.26. The van der Waals surface area contributed by atoms with Gasteiger partial charge in [0.1, 0.15) is 11.3 Å². The molecule has 5 nitrogen and oxygen atoms in total. The Labute approximate surface area is 152 Å². The van der Waals surface area contributed by atoms with E-state index in [-0.39, 0.29) is 11.9 Å². The van der Waals surface area contributed by atoms with Crippen LogP contribution in [0.1, 0.15) is 45.3 Å². The molecule has 0 N–H and O–H groups in total. The summed E-state index contributed by atoms with van der Waals surface area (Å²) in [5.41, 5.74) is -0.660. The smallest absolute Gasteiger partial charge is 0.240 e. The number of carbonyl (C=O) groups is 1. The van der Waals surface area contributed by atoms with Gasteiger partial charge in [0.05, 0.1) is 18.7 Å². The average Bonchev–Trinajstić information content (AvgIpc) is 2.98. The Balaban J connectivity index is 2.04. The second-order valence-electron chi connectivity index (χ2n) is 7.02. The molecule has 1 aliphatic carbocycles. The van der Waals surface area contributed by atoms with E-state index in [2.05, 4.69) is 28.9 Å². The molecular formula is C18H26BrN3O2. The Kier molecular flexibility index (Phi) is 6.11. The third-order valence-corrected chi connectivity index (χ3v) is 5.76. The minimum atomic E-state index is -0.660. The molecule has 0 aliphatic heterocycles. The normalized spacial score (nSPS) is 25.3. The predicted octanol–water partition coefficient (Wildman–Crippen LogP) is 3.79. The number of rotatable bonds is 5. The van der Waals surface area contributed by atoms with Gasteiger partial charge in [0.2, 0.25) is 5.91 Å². The van der Waals surface area contributed by atoms with Crippen LogP contribution in [-0.2, 0) is 11.3 Å². The van der Waals surface area contributed by atoms with Crippen molar-refractivity contribution >= 4 is 21.8 Å². The summed E-state index contributed by atoms with van der Waals surface area (Å²) in [6.07, 6.45) is 3.51. The van der Waals surface area contributed by atoms with E-state index in [0.29, 0.717) is 17.1 Å². The molecule has 1 atom stereocenters. The van der Waals surface area contributed by atoms with Gasteiger partial charge >= 0.3 is 0 Å². The highest BCUT2D eigenvalue weighted by Gasteiger charge is 2.42. The quantitative estimate of drug-likeness (QED) is 0.760. The van der Waals surface area contributed by atoms with Crippen LogP contribution < -0.4 is 0 Å². The van der Waals surface area contributed by atoms with Gasteiger partial charge < -0.3 is 9.32 Å². The van der Waals surface area contributed by atoms with E-state index in [1.807, 2.05) is 31.0 Å². The van der Waals surface area contributed by atoms with Crippen LogP contribution in [-0.4, -0.2) is 41.4 Å². The Morgan fingerprint density at radius 1 is 1.46 bits per heavy atom. The zero-order chi connectivity index (χ0) is 17.9. The maximum absolute atomic E-state index is 12.9. The van der Waals surface area contributed by atoms with Crippen molar-refractivity contribution < 1.29 is 9.21 Å². The third-order valence-electron chi connectivity index (χ3n) is 5.33. The van der Waals surface area contributed by atoms with Crippen LogP contribution in [0.4, 0.5) is 0 Å². The summed E-state index contributed by atoms with van der Waals surface area (Å²) in [5.74, 6) is 1.42. The summed E-state index contributed by atoms with van der Waals surface area (Å²) >= 11 is 3.29. The number of hydrogen-bond acceptors (Lipinski definition) is 4. The zero-order valence-corrected chi connectivity index (χ0v) is 16.5. The van der Waals surface area contributed by atoms with Gasteiger partial charge in [-0.15, -0.1) is 0 Å². The minimum absolute atomic E-state index is 0.0146. The van der Waals surface area contributed by atoms with E-state index in [9.17, 15) is 10.1 Å². The van der Waals surface area contributed by atoms with Crippen molar-refractivity contribution in [2.75, 3.05) is 14.1 Å². The first-order valence-corrected chi connectivity index (χ1v) is 9.22. The maximum atomic E-state index is 12.9. The predicted molar refractivity (Wildman–Crippen MR) is 96.1 cm³/mol. The van der Waals surface area contributed by atoms with E-state index in [4.69, 9.17) is 4.42 Å². The van der Waals surface area contributed by atoms with Crippen LogP contribution >= 0.6 is 15.9 Å². The summed E-state index contributed by atoms with van der Waals surface area (Å²) in [4.78, 5) is 16.5. The number of furan rings is 1. The molecule has 1 aromatic heterocycles. The molecule has 6 heteroatoms. The first kappa shape index (κ1) is 19.0. The molecule has 24 heavy (non-hydrogen) atoms. The number of halogens is 1. The molecule has 1 amide bonds. The van der Waals surface area contributed by atoms with E-state index >= 15 is 0 Å². The number of carbonyl (C=O) groups excluding carboxylic acids is 1. The minimum Gasteiger partial charge on any atom is -0.453 e. The number of hydrogen-bond donors (Lipinski definition) is 0. The molecule has 0 aromatic carbocycles. The molecule has 1 fully saturated rings. The topological polar surface area (TPSA) is 60.5 Å². The lowest BCUT2D eigenvalue weighted by atomic mass is 9.77. The molecule has 1 heterocycles. The Morgan fingerprint density at radius 2 is 2.08 bits per heavy atom. The molecule has 2 rings (SSSR count). The molecule has 1 saturated carbocycles. The lowest BCUT2D eigenvalue weighted by Crippen LogP contribution is -2.55. The summed E-state index contributed by atoms with van der Waals surface area (Å²) in [7, 11) is 3.67. The van der Waals surface area contributed by atoms with Crippen LogP contribution in [0.3, 0.4) is 0 Å². The summed E-state index contributed by atoms with van der Waals surface area (Å²) < 4.78 is 6.19. The summed E-state index contributed by atoms with van der Waals surface area (Å²) in [6, 6.07) is 5.84. The van der Waals surface area contributed by atoms with Crippen LogP contribution in [0.25, 0.3) is 0 Å². The van der Waals surface area contributed by atoms with E-state index in [1.165, 1.54) is 0 Å². The van der Waals surface area contributed by atoms with Crippen molar-refractivity contribution in [3.63, 3.8) is 0 Å². The molecule has 0 saturated heterocycles. The molecule has 0 spiro atoms. The van der Waals surface area contributed by atoms with Gasteiger partial charge in [-0.3, -0.25) is 9.69 Å². The van der Waals surface area contributed by atoms with Crippen LogP contribution in [0.15, 0.2) is 21.2 Å². The number of amides is 1. The molecule has 0 bridgehead atoms. The van der Waals surface area contributed by atoms with Gasteiger partial charge in [-0.05, 0) is 73.6 Å². The number of nitrogens with zero attached hydrogens (tertiary/aromatic N) is 3. The van der Waals surface area contributed by atoms with Crippen molar-refractivity contribution in [1.82, 2.24) is 9.80 Å². The van der Waals surface area contributed by atoms with Gasteiger partial charge in [0.25, 0.3) is 0 Å². The van der Waals surface area contributed by atoms with Gasteiger partial charge in [-0.2, -0.15) is 5.26 Å². The highest BCUT2D eigenvalue weighted by Crippen LogP contribution is 2.35. The second-order valence-corrected chi connectivity index (χ2v) is 7.80. The molecule has 1 unspecified atom stereocenters. The Morgan fingerprint density at radius 3 is 2.58 bits per heavy atom. The lowest BCUT2D eigenvalue weighted by Gasteiger charge is -2.42. The monoisotopic (exact) mass is 395 g/mol. The fourth-order valence-corrected chi connectivity index (χ4v) is 3.60. The van der Waals surface area contributed by atoms with Crippen LogP contribution in [0.5, 0.6) is 0 Å². The zero-order valence-electron chi connectivity index (χ0n) is 14.9. The van der Waals surface area contributed by atoms with Gasteiger partial charge in [0.15, 0.2) is 4.67 Å². The average molecular weight is 396 g/mol. The SMILES string of the molecule is CC1CCC(C#N)(N(C)C(=O)C(C)N(C)Cc2ccc(Br)o2)CC1. The number of likely N-dealkylation sites (N-methyl/N-ethyl adjacent to an activating group) is 2. The van der Waals surface area contributed by atoms with Crippen LogP contribution in [0.2, 0.25) is 0 Å². The Bertz CT molecular complexity index is 614. The highest BCUT2D eigenvalue weighted by atomic mass is 79.9. The van der Waals surface area contributed by atoms with Crippen molar-refractivity contribution in [2.24, 2.45) is 5.92 Å². The first-order valence-electron chi connectivity index (χ1n) is 8.42. The summed E-state index contributed by atoms with van der Waals surface area (Å²) in [6.45, 7) is 4.64. The molecular weight excluding hydrogens is 370 g/mol. The van der Waals surface area contributed by atoms with E-state index in [0.717, 1.165) is 31.4 Å². The van der Waals surface area contributed by atoms with Crippen molar-refractivity contribution in [3.8, 4) is 6.07 Å². The maximum Gasteiger partial charge on any atom is 0.240 e. The number of nitriles is 1. The van der Waals surface area contributed by atoms with Crippen LogP contribution in [0, 0.1) is 17.2 Å². The molecule has 0 radical (unpaired) electrons. The van der Waals surface area contributed by atoms with E-state index in [1.54, 1.807) is 11.9 Å². The Hall–Kier alpha value is -1.32. The molecule has 1 aliphatic rings. The molecule has 132 valence electrons. The van der Waals surface area contributed by atoms with Crippen molar-refractivity contribution in [3.05, 3.63) is 22.6 Å². The highest BCUT2D eigenvalue weighted by molar-refractivity contribution is 9.10. The van der Waals surface area contributed by atoms with Gasteiger partial charge in [0, 0.05) is 7.05 Å². The van der Waals surface area contributed by atoms with Crippen molar-refractivity contribution in [2.45, 2.75) is 57.7 Å². The fraction of sp³-hybridized carbons (Fsp3) is 0.667. The second kappa shape index (κ2) is 7.71.